The van der Waals surface area contributed by atoms with Crippen molar-refractivity contribution in [3.8, 4) is 22.9 Å². The van der Waals surface area contributed by atoms with Gasteiger partial charge in [0.05, 0.1) is 29.6 Å². The maximum absolute atomic E-state index is 12.3. The van der Waals surface area contributed by atoms with E-state index in [2.05, 4.69) is 21.1 Å². The number of aromatic nitrogens is 3. The minimum Gasteiger partial charge on any atom is -0.489 e. The molecule has 36 heavy (non-hydrogen) atoms. The van der Waals surface area contributed by atoms with E-state index in [9.17, 15) is 10.1 Å². The summed E-state index contributed by atoms with van der Waals surface area (Å²) in [6.07, 6.45) is 4.75. The van der Waals surface area contributed by atoms with E-state index in [1.165, 1.54) is 0 Å². The summed E-state index contributed by atoms with van der Waals surface area (Å²) in [5.41, 5.74) is 2.32. The van der Waals surface area contributed by atoms with E-state index in [1.807, 2.05) is 45.9 Å². The molecule has 0 unspecified atom stereocenters. The minimum atomic E-state index is -0.512. The predicted octanol–water partition coefficient (Wildman–Crippen LogP) is 3.74. The molecule has 3 aromatic heterocycles. The van der Waals surface area contributed by atoms with Crippen LogP contribution in [0, 0.1) is 11.3 Å². The molecule has 190 valence electrons. The molecule has 10 nitrogen and oxygen atoms in total. The number of nitriles is 1. The number of fused-ring (bicyclic) bond motifs is 1. The van der Waals surface area contributed by atoms with Crippen LogP contribution in [0.2, 0.25) is 0 Å². The molecule has 0 radical (unpaired) electrons. The van der Waals surface area contributed by atoms with Crippen molar-refractivity contribution < 1.29 is 19.0 Å². The monoisotopic (exact) mass is 492 g/mol. The van der Waals surface area contributed by atoms with Crippen molar-refractivity contribution in [2.45, 2.75) is 39.4 Å². The van der Waals surface area contributed by atoms with Gasteiger partial charge in [0.25, 0.3) is 0 Å². The molecular formula is C26H32N6O4. The first-order valence-corrected chi connectivity index (χ1v) is 11.9. The number of pyridine rings is 2. The zero-order chi connectivity index (χ0) is 25.9. The van der Waals surface area contributed by atoms with E-state index in [4.69, 9.17) is 14.2 Å². The molecule has 1 atom stereocenters. The number of nitrogens with zero attached hydrogens (tertiary/aromatic N) is 6. The van der Waals surface area contributed by atoms with Crippen LogP contribution in [0.5, 0.6) is 5.75 Å². The minimum absolute atomic E-state index is 0.0619. The first kappa shape index (κ1) is 25.3. The molecule has 0 saturated carbocycles. The Morgan fingerprint density at radius 3 is 2.56 bits per heavy atom. The molecular weight excluding hydrogens is 460 g/mol. The van der Waals surface area contributed by atoms with Gasteiger partial charge in [-0.3, -0.25) is 0 Å². The van der Waals surface area contributed by atoms with E-state index < -0.39 is 5.60 Å². The second kappa shape index (κ2) is 10.4. The van der Waals surface area contributed by atoms with Crippen molar-refractivity contribution in [2.75, 3.05) is 44.8 Å². The van der Waals surface area contributed by atoms with Crippen LogP contribution in [0.4, 0.5) is 10.6 Å². The maximum atomic E-state index is 12.3. The highest BCUT2D eigenvalue weighted by Gasteiger charge is 2.26. The molecule has 1 saturated heterocycles. The van der Waals surface area contributed by atoms with Crippen molar-refractivity contribution in [1.82, 2.24) is 19.5 Å². The molecule has 0 spiro atoms. The third-order valence-electron chi connectivity index (χ3n) is 5.91. The molecule has 0 aromatic carbocycles. The molecule has 1 aliphatic heterocycles. The third-order valence-corrected chi connectivity index (χ3v) is 5.91. The average Bonchev–Trinajstić information content (AvgIpc) is 3.29. The van der Waals surface area contributed by atoms with Gasteiger partial charge in [-0.05, 0) is 45.9 Å². The zero-order valence-corrected chi connectivity index (χ0v) is 21.4. The molecule has 0 aliphatic carbocycles. The molecule has 1 amide bonds. The maximum Gasteiger partial charge on any atom is 0.410 e. The van der Waals surface area contributed by atoms with E-state index >= 15 is 0 Å². The smallest absolute Gasteiger partial charge is 0.410 e. The van der Waals surface area contributed by atoms with Crippen LogP contribution >= 0.6 is 0 Å². The number of methoxy groups -OCH3 is 1. The fourth-order valence-corrected chi connectivity index (χ4v) is 3.94. The van der Waals surface area contributed by atoms with Crippen LogP contribution in [0.15, 0.2) is 36.8 Å². The first-order valence-electron chi connectivity index (χ1n) is 11.9. The van der Waals surface area contributed by atoms with Gasteiger partial charge in [0.15, 0.2) is 0 Å². The standard InChI is InChI=1S/C26H32N6O4/c1-18(34-5)17-35-21-12-22(24-20(13-27)15-29-32(24)16-21)19-6-7-23(28-14-19)30-8-10-31(11-9-30)25(33)36-26(2,3)4/h6-7,12,14-16,18H,8-11,17H2,1-5H3/t18-/m0/s1. The number of anilines is 1. The van der Waals surface area contributed by atoms with Gasteiger partial charge in [0.2, 0.25) is 0 Å². The summed E-state index contributed by atoms with van der Waals surface area (Å²) in [4.78, 5) is 20.9. The lowest BCUT2D eigenvalue weighted by Crippen LogP contribution is -2.50. The van der Waals surface area contributed by atoms with Gasteiger partial charge in [0.1, 0.15) is 29.8 Å². The van der Waals surface area contributed by atoms with E-state index in [0.717, 1.165) is 16.9 Å². The molecule has 1 fully saturated rings. The molecule has 1 aliphatic rings. The van der Waals surface area contributed by atoms with Crippen molar-refractivity contribution in [1.29, 1.82) is 5.26 Å². The largest absolute Gasteiger partial charge is 0.489 e. The lowest BCUT2D eigenvalue weighted by atomic mass is 10.1. The number of carbonyl (C=O) groups excluding carboxylic acids is 1. The van der Waals surface area contributed by atoms with Crippen LogP contribution in [0.25, 0.3) is 16.6 Å². The number of hydrogen-bond donors (Lipinski definition) is 0. The Morgan fingerprint density at radius 1 is 1.19 bits per heavy atom. The van der Waals surface area contributed by atoms with Gasteiger partial charge in [-0.2, -0.15) is 10.4 Å². The summed E-state index contributed by atoms with van der Waals surface area (Å²) in [7, 11) is 1.64. The lowest BCUT2D eigenvalue weighted by molar-refractivity contribution is 0.0240. The highest BCUT2D eigenvalue weighted by Crippen LogP contribution is 2.31. The van der Waals surface area contributed by atoms with E-state index in [0.29, 0.717) is 49.6 Å². The third kappa shape index (κ3) is 5.69. The average molecular weight is 493 g/mol. The quantitative estimate of drug-likeness (QED) is 0.512. The summed E-state index contributed by atoms with van der Waals surface area (Å²) in [5.74, 6) is 1.45. The van der Waals surface area contributed by atoms with Gasteiger partial charge < -0.3 is 24.0 Å². The summed E-state index contributed by atoms with van der Waals surface area (Å²) < 4.78 is 18.3. The molecule has 4 rings (SSSR count). The van der Waals surface area contributed by atoms with Gasteiger partial charge in [0, 0.05) is 50.6 Å². The summed E-state index contributed by atoms with van der Waals surface area (Å²) in [6, 6.07) is 8.05. The normalized spacial score (nSPS) is 15.0. The Labute approximate surface area is 211 Å². The number of rotatable bonds is 6. The van der Waals surface area contributed by atoms with E-state index in [-0.39, 0.29) is 12.2 Å². The van der Waals surface area contributed by atoms with Crippen LogP contribution in [0.3, 0.4) is 0 Å². The van der Waals surface area contributed by atoms with Crippen molar-refractivity contribution in [3.63, 3.8) is 0 Å². The molecule has 0 N–H and O–H groups in total. The topological polar surface area (TPSA) is 105 Å². The molecule has 0 bridgehead atoms. The summed E-state index contributed by atoms with van der Waals surface area (Å²) in [6.45, 7) is 10.4. The summed E-state index contributed by atoms with van der Waals surface area (Å²) in [5, 5.41) is 13.9. The Kier molecular flexibility index (Phi) is 7.31. The Bertz CT molecular complexity index is 1250. The van der Waals surface area contributed by atoms with E-state index in [1.54, 1.807) is 35.1 Å². The van der Waals surface area contributed by atoms with Crippen LogP contribution < -0.4 is 9.64 Å². The fourth-order valence-electron chi connectivity index (χ4n) is 3.94. The van der Waals surface area contributed by atoms with Gasteiger partial charge >= 0.3 is 6.09 Å². The molecule has 10 heteroatoms. The van der Waals surface area contributed by atoms with Gasteiger partial charge in [-0.25, -0.2) is 14.3 Å². The Hall–Kier alpha value is -3.84. The van der Waals surface area contributed by atoms with Crippen molar-refractivity contribution >= 4 is 17.4 Å². The first-order chi connectivity index (χ1) is 17.2. The Morgan fingerprint density at radius 2 is 1.94 bits per heavy atom. The number of amides is 1. The lowest BCUT2D eigenvalue weighted by Gasteiger charge is -2.36. The number of carbonyl (C=O) groups is 1. The second-order valence-electron chi connectivity index (χ2n) is 9.77. The molecule has 3 aromatic rings. The zero-order valence-electron chi connectivity index (χ0n) is 21.4. The highest BCUT2D eigenvalue weighted by molar-refractivity contribution is 5.85. The SMILES string of the molecule is CO[C@@H](C)COc1cc(-c2ccc(N3CCN(C(=O)OC(C)(C)C)CC3)nc2)c2c(C#N)cnn2c1. The Balaban J connectivity index is 1.53. The van der Waals surface area contributed by atoms with Gasteiger partial charge in [-0.15, -0.1) is 0 Å². The molecule has 4 heterocycles. The second-order valence-corrected chi connectivity index (χ2v) is 9.77. The highest BCUT2D eigenvalue weighted by atomic mass is 16.6. The van der Waals surface area contributed by atoms with Crippen molar-refractivity contribution in [2.24, 2.45) is 0 Å². The van der Waals surface area contributed by atoms with Crippen LogP contribution in [-0.4, -0.2) is 77.2 Å². The number of piperazine rings is 1. The number of hydrogen-bond acceptors (Lipinski definition) is 8. The summed E-state index contributed by atoms with van der Waals surface area (Å²) >= 11 is 0. The van der Waals surface area contributed by atoms with Crippen molar-refractivity contribution in [3.05, 3.63) is 42.4 Å². The van der Waals surface area contributed by atoms with Crippen LogP contribution in [0.1, 0.15) is 33.3 Å². The predicted molar refractivity (Wildman–Crippen MR) is 135 cm³/mol. The number of ether oxygens (including phenoxy) is 3. The van der Waals surface area contributed by atoms with Crippen LogP contribution in [-0.2, 0) is 9.47 Å². The fraction of sp³-hybridized carbons (Fsp3) is 0.462. The van der Waals surface area contributed by atoms with Gasteiger partial charge in [-0.1, -0.05) is 0 Å².